The molecular formula is C32H39FO3. The van der Waals surface area contributed by atoms with E-state index in [1.54, 1.807) is 6.07 Å². The lowest BCUT2D eigenvalue weighted by molar-refractivity contribution is 0.0915. The van der Waals surface area contributed by atoms with E-state index in [-0.39, 0.29) is 23.6 Å². The van der Waals surface area contributed by atoms with Gasteiger partial charge in [-0.25, -0.2) is 4.39 Å². The predicted molar refractivity (Wildman–Crippen MR) is 142 cm³/mol. The van der Waals surface area contributed by atoms with Crippen molar-refractivity contribution in [3.05, 3.63) is 70.0 Å². The number of Topliss-reactive ketones (excluding diaryl/α,β-unsaturated/α-hetero) is 1. The maximum absolute atomic E-state index is 15.1. The van der Waals surface area contributed by atoms with Crippen LogP contribution in [0.15, 0.2) is 42.0 Å². The summed E-state index contributed by atoms with van der Waals surface area (Å²) in [5.41, 5.74) is 4.81. The van der Waals surface area contributed by atoms with Crippen molar-refractivity contribution in [1.29, 1.82) is 0 Å². The molecule has 4 atom stereocenters. The Labute approximate surface area is 215 Å². The fourth-order valence-corrected chi connectivity index (χ4v) is 6.15. The number of allylic oxidation sites excluding steroid dienone is 1. The lowest BCUT2D eigenvalue weighted by Crippen LogP contribution is -2.18. The number of ketones is 1. The molecule has 3 aliphatic rings. The van der Waals surface area contributed by atoms with E-state index in [2.05, 4.69) is 19.9 Å². The first-order chi connectivity index (χ1) is 17.5. The van der Waals surface area contributed by atoms with Gasteiger partial charge in [-0.3, -0.25) is 4.79 Å². The minimum absolute atomic E-state index is 0.0980. The van der Waals surface area contributed by atoms with E-state index in [4.69, 9.17) is 9.47 Å². The van der Waals surface area contributed by atoms with Crippen LogP contribution in [0.25, 0.3) is 6.08 Å². The fraction of sp³-hybridized carbons (Fsp3) is 0.531. The van der Waals surface area contributed by atoms with Crippen molar-refractivity contribution in [1.82, 2.24) is 0 Å². The van der Waals surface area contributed by atoms with Gasteiger partial charge in [-0.15, -0.1) is 0 Å². The van der Waals surface area contributed by atoms with E-state index in [1.807, 2.05) is 30.3 Å². The number of ether oxygens (including phenoxy) is 2. The summed E-state index contributed by atoms with van der Waals surface area (Å²) in [7, 11) is 0. The Kier molecular flexibility index (Phi) is 7.90. The Morgan fingerprint density at radius 1 is 1.14 bits per heavy atom. The number of halogens is 1. The van der Waals surface area contributed by atoms with E-state index in [1.165, 1.54) is 18.4 Å². The van der Waals surface area contributed by atoms with Crippen LogP contribution >= 0.6 is 0 Å². The van der Waals surface area contributed by atoms with E-state index in [0.29, 0.717) is 18.6 Å². The molecule has 36 heavy (non-hydrogen) atoms. The molecule has 1 saturated carbocycles. The van der Waals surface area contributed by atoms with Gasteiger partial charge in [0.15, 0.2) is 5.78 Å². The number of fused-ring (bicyclic) bond motifs is 1. The molecule has 0 bridgehead atoms. The molecule has 0 spiro atoms. The normalized spacial score (nSPS) is 26.1. The molecule has 2 aromatic carbocycles. The van der Waals surface area contributed by atoms with Crippen LogP contribution in [-0.2, 0) is 17.6 Å². The van der Waals surface area contributed by atoms with Gasteiger partial charge in [0.2, 0.25) is 0 Å². The zero-order chi connectivity index (χ0) is 25.1. The first-order valence-electron chi connectivity index (χ1n) is 13.9. The Morgan fingerprint density at radius 2 is 2.03 bits per heavy atom. The van der Waals surface area contributed by atoms with Gasteiger partial charge < -0.3 is 9.47 Å². The molecule has 1 saturated heterocycles. The highest BCUT2D eigenvalue weighted by Gasteiger charge is 2.27. The van der Waals surface area contributed by atoms with Crippen molar-refractivity contribution in [3.8, 4) is 5.75 Å². The number of benzene rings is 2. The molecule has 4 heteroatoms. The zero-order valence-electron chi connectivity index (χ0n) is 21.7. The molecule has 2 fully saturated rings. The third kappa shape index (κ3) is 5.75. The van der Waals surface area contributed by atoms with Crippen LogP contribution in [0.4, 0.5) is 4.39 Å². The van der Waals surface area contributed by atoms with Crippen LogP contribution in [0.2, 0.25) is 0 Å². The minimum Gasteiger partial charge on any atom is -0.488 e. The van der Waals surface area contributed by atoms with Crippen molar-refractivity contribution in [2.24, 2.45) is 17.8 Å². The van der Waals surface area contributed by atoms with Crippen LogP contribution < -0.4 is 4.74 Å². The molecule has 0 N–H and O–H groups in total. The molecule has 5 rings (SSSR count). The summed E-state index contributed by atoms with van der Waals surface area (Å²) in [6, 6.07) is 11.4. The Hall–Kier alpha value is -2.46. The fourth-order valence-electron chi connectivity index (χ4n) is 6.15. The highest BCUT2D eigenvalue weighted by atomic mass is 19.1. The monoisotopic (exact) mass is 490 g/mol. The summed E-state index contributed by atoms with van der Waals surface area (Å²) in [5.74, 6) is 2.16. The lowest BCUT2D eigenvalue weighted by Gasteiger charge is -2.16. The summed E-state index contributed by atoms with van der Waals surface area (Å²) in [6.45, 7) is 5.95. The van der Waals surface area contributed by atoms with E-state index in [0.717, 1.165) is 79.4 Å². The number of carbonyl (C=O) groups excluding carboxylic acids is 1. The second-order valence-electron chi connectivity index (χ2n) is 11.1. The van der Waals surface area contributed by atoms with E-state index < -0.39 is 0 Å². The second kappa shape index (κ2) is 11.3. The predicted octanol–water partition coefficient (Wildman–Crippen LogP) is 7.60. The summed E-state index contributed by atoms with van der Waals surface area (Å²) in [4.78, 5) is 13.4. The molecule has 2 aromatic rings. The molecule has 192 valence electrons. The third-order valence-electron chi connectivity index (χ3n) is 8.62. The zero-order valence-corrected chi connectivity index (χ0v) is 21.7. The molecular weight excluding hydrogens is 451 g/mol. The maximum Gasteiger partial charge on any atom is 0.166 e. The molecule has 3 nitrogen and oxygen atoms in total. The third-order valence-corrected chi connectivity index (χ3v) is 8.62. The molecule has 0 aromatic heterocycles. The largest absolute Gasteiger partial charge is 0.488 e. The van der Waals surface area contributed by atoms with Gasteiger partial charge in [-0.2, -0.15) is 0 Å². The quantitative estimate of drug-likeness (QED) is 0.375. The second-order valence-corrected chi connectivity index (χ2v) is 11.1. The van der Waals surface area contributed by atoms with Crippen molar-refractivity contribution in [2.75, 3.05) is 13.2 Å². The summed E-state index contributed by atoms with van der Waals surface area (Å²) >= 11 is 0. The van der Waals surface area contributed by atoms with Crippen LogP contribution in [-0.4, -0.2) is 25.1 Å². The summed E-state index contributed by atoms with van der Waals surface area (Å²) in [6.07, 6.45) is 10.9. The first-order valence-corrected chi connectivity index (χ1v) is 13.9. The van der Waals surface area contributed by atoms with Crippen LogP contribution in [0.5, 0.6) is 5.75 Å². The van der Waals surface area contributed by atoms with Gasteiger partial charge in [-0.05, 0) is 92.2 Å². The van der Waals surface area contributed by atoms with Crippen molar-refractivity contribution in [2.45, 2.75) is 77.7 Å². The van der Waals surface area contributed by atoms with Gasteiger partial charge >= 0.3 is 0 Å². The van der Waals surface area contributed by atoms with Crippen molar-refractivity contribution in [3.63, 3.8) is 0 Å². The summed E-state index contributed by atoms with van der Waals surface area (Å²) < 4.78 is 26.5. The smallest absolute Gasteiger partial charge is 0.166 e. The number of aryl methyl sites for hydroxylation is 1. The van der Waals surface area contributed by atoms with Crippen LogP contribution in [0.1, 0.15) is 85.8 Å². The maximum atomic E-state index is 15.1. The summed E-state index contributed by atoms with van der Waals surface area (Å²) in [5, 5.41) is 0. The van der Waals surface area contributed by atoms with Gasteiger partial charge in [0.1, 0.15) is 17.7 Å². The average molecular weight is 491 g/mol. The number of hydrogen-bond acceptors (Lipinski definition) is 3. The molecule has 1 heterocycles. The molecule has 1 aliphatic heterocycles. The van der Waals surface area contributed by atoms with Gasteiger partial charge in [0, 0.05) is 23.5 Å². The SMILES string of the molecule is CCC(C)C1CC/C(=C\c2ccc(CC3CCCc4cc(OC5CCOC5)ccc4C3=O)cc2F)C1. The van der Waals surface area contributed by atoms with Gasteiger partial charge in [0.25, 0.3) is 0 Å². The average Bonchev–Trinajstić information content (AvgIpc) is 3.54. The first kappa shape index (κ1) is 25.2. The van der Waals surface area contributed by atoms with E-state index in [9.17, 15) is 4.79 Å². The Balaban J connectivity index is 1.25. The number of rotatable bonds is 7. The molecule has 0 radical (unpaired) electrons. The highest BCUT2D eigenvalue weighted by Crippen LogP contribution is 2.38. The Morgan fingerprint density at radius 3 is 2.81 bits per heavy atom. The van der Waals surface area contributed by atoms with Gasteiger partial charge in [-0.1, -0.05) is 44.1 Å². The lowest BCUT2D eigenvalue weighted by atomic mass is 9.89. The minimum atomic E-state index is -0.175. The van der Waals surface area contributed by atoms with E-state index >= 15 is 4.39 Å². The number of hydrogen-bond donors (Lipinski definition) is 0. The van der Waals surface area contributed by atoms with Crippen LogP contribution in [0.3, 0.4) is 0 Å². The van der Waals surface area contributed by atoms with Gasteiger partial charge in [0.05, 0.1) is 13.2 Å². The Bertz CT molecular complexity index is 1110. The molecule has 0 amide bonds. The van der Waals surface area contributed by atoms with Crippen LogP contribution in [0, 0.1) is 23.6 Å². The highest BCUT2D eigenvalue weighted by molar-refractivity contribution is 5.99. The van der Waals surface area contributed by atoms with Crippen molar-refractivity contribution >= 4 is 11.9 Å². The van der Waals surface area contributed by atoms with Crippen molar-refractivity contribution < 1.29 is 18.7 Å². The number of carbonyl (C=O) groups is 1. The topological polar surface area (TPSA) is 35.5 Å². The molecule has 2 aliphatic carbocycles. The standard InChI is InChI=1S/C32H39FO3/c1-3-21(2)24-9-7-22(15-24)16-26-10-8-23(18-31(26)33)17-27-6-4-5-25-19-28(11-12-30(25)32(27)34)36-29-13-14-35-20-29/h8,10-12,16,18-19,21,24,27,29H,3-7,9,13-15,17,20H2,1-2H3/b22-16+. The molecule has 4 unspecified atom stereocenters.